The van der Waals surface area contributed by atoms with Crippen LogP contribution in [0.2, 0.25) is 0 Å². The number of hydrogen-bond donors (Lipinski definition) is 0. The lowest BCUT2D eigenvalue weighted by Crippen LogP contribution is -2.33. The van der Waals surface area contributed by atoms with E-state index in [0.29, 0.717) is 0 Å². The largest absolute Gasteiger partial charge is 0.465 e. The normalized spacial score (nSPS) is 19.7. The van der Waals surface area contributed by atoms with Crippen molar-refractivity contribution in [3.63, 3.8) is 0 Å². The van der Waals surface area contributed by atoms with Gasteiger partial charge in [0.05, 0.1) is 11.4 Å². The summed E-state index contributed by atoms with van der Waals surface area (Å²) in [5, 5.41) is 0. The quantitative estimate of drug-likeness (QED) is 0.718. The van der Waals surface area contributed by atoms with Crippen molar-refractivity contribution in [3.05, 3.63) is 72.1 Å². The Bertz CT molecular complexity index is 887. The predicted octanol–water partition coefficient (Wildman–Crippen LogP) is 5.33. The highest BCUT2D eigenvalue weighted by Crippen LogP contribution is 2.40. The SMILES string of the molecule is CCC(/C=C1\Oc2ccccc2N1CC)=C\C1Oc2ccccc2N1CC. The van der Waals surface area contributed by atoms with Crippen LogP contribution in [0, 0.1) is 0 Å². The minimum absolute atomic E-state index is 0.0851. The first-order valence-electron chi connectivity index (χ1n) is 9.74. The van der Waals surface area contributed by atoms with E-state index in [1.807, 2.05) is 30.3 Å². The zero-order valence-corrected chi connectivity index (χ0v) is 16.2. The van der Waals surface area contributed by atoms with Crippen LogP contribution in [0.3, 0.4) is 0 Å². The third-order valence-corrected chi connectivity index (χ3v) is 5.10. The smallest absolute Gasteiger partial charge is 0.200 e. The molecule has 0 saturated carbocycles. The number of nitrogens with zero attached hydrogens (tertiary/aromatic N) is 2. The molecule has 0 amide bonds. The molecule has 4 nitrogen and oxygen atoms in total. The summed E-state index contributed by atoms with van der Waals surface area (Å²) in [4.78, 5) is 4.49. The molecule has 0 N–H and O–H groups in total. The third-order valence-electron chi connectivity index (χ3n) is 5.10. The number of para-hydroxylation sites is 4. The highest BCUT2D eigenvalue weighted by Gasteiger charge is 2.29. The summed E-state index contributed by atoms with van der Waals surface area (Å²) in [5.74, 6) is 2.74. The lowest BCUT2D eigenvalue weighted by Gasteiger charge is -2.22. The molecule has 1 atom stereocenters. The maximum Gasteiger partial charge on any atom is 0.200 e. The second-order valence-corrected chi connectivity index (χ2v) is 6.65. The van der Waals surface area contributed by atoms with Crippen LogP contribution in [0.25, 0.3) is 0 Å². The number of hydrogen-bond acceptors (Lipinski definition) is 4. The van der Waals surface area contributed by atoms with E-state index in [1.165, 1.54) is 5.57 Å². The zero-order chi connectivity index (χ0) is 18.8. The van der Waals surface area contributed by atoms with Crippen molar-refractivity contribution < 1.29 is 9.47 Å². The van der Waals surface area contributed by atoms with Gasteiger partial charge < -0.3 is 19.3 Å². The fraction of sp³-hybridized carbons (Fsp3) is 0.304. The molecule has 4 heteroatoms. The van der Waals surface area contributed by atoms with Crippen LogP contribution < -0.4 is 19.3 Å². The van der Waals surface area contributed by atoms with Gasteiger partial charge in [-0.05, 0) is 56.2 Å². The summed E-state index contributed by atoms with van der Waals surface area (Å²) in [7, 11) is 0. The van der Waals surface area contributed by atoms with Crippen molar-refractivity contribution in [1.82, 2.24) is 0 Å². The van der Waals surface area contributed by atoms with Gasteiger partial charge >= 0.3 is 0 Å². The maximum atomic E-state index is 6.19. The number of ether oxygens (including phenoxy) is 2. The summed E-state index contributed by atoms with van der Waals surface area (Å²) >= 11 is 0. The molecule has 0 spiro atoms. The number of fused-ring (bicyclic) bond motifs is 2. The summed E-state index contributed by atoms with van der Waals surface area (Å²) < 4.78 is 12.3. The van der Waals surface area contributed by atoms with Crippen molar-refractivity contribution in [3.8, 4) is 11.5 Å². The van der Waals surface area contributed by atoms with Crippen LogP contribution in [-0.2, 0) is 0 Å². The van der Waals surface area contributed by atoms with Gasteiger partial charge in [-0.15, -0.1) is 0 Å². The predicted molar refractivity (Wildman–Crippen MR) is 110 cm³/mol. The Labute approximate surface area is 161 Å². The van der Waals surface area contributed by atoms with Gasteiger partial charge in [-0.25, -0.2) is 0 Å². The number of rotatable bonds is 5. The molecular formula is C23H26N2O2. The first-order valence-corrected chi connectivity index (χ1v) is 9.74. The number of likely N-dealkylation sites (N-methyl/N-ethyl adjacent to an activating group) is 1. The molecule has 27 heavy (non-hydrogen) atoms. The van der Waals surface area contributed by atoms with Gasteiger partial charge in [-0.2, -0.15) is 0 Å². The average molecular weight is 362 g/mol. The topological polar surface area (TPSA) is 24.9 Å². The summed E-state index contributed by atoms with van der Waals surface area (Å²) in [6.45, 7) is 8.23. The van der Waals surface area contributed by atoms with Crippen molar-refractivity contribution in [1.29, 1.82) is 0 Å². The molecule has 2 aliphatic heterocycles. The minimum Gasteiger partial charge on any atom is -0.465 e. The molecule has 0 fully saturated rings. The maximum absolute atomic E-state index is 6.19. The lowest BCUT2D eigenvalue weighted by molar-refractivity contribution is 0.274. The lowest BCUT2D eigenvalue weighted by atomic mass is 10.1. The van der Waals surface area contributed by atoms with Gasteiger partial charge in [-0.1, -0.05) is 31.2 Å². The fourth-order valence-electron chi connectivity index (χ4n) is 3.70. The molecule has 0 aliphatic carbocycles. The first-order chi connectivity index (χ1) is 13.2. The molecule has 0 aromatic heterocycles. The number of anilines is 2. The van der Waals surface area contributed by atoms with E-state index in [0.717, 1.165) is 48.3 Å². The van der Waals surface area contributed by atoms with Crippen LogP contribution >= 0.6 is 0 Å². The fourth-order valence-corrected chi connectivity index (χ4v) is 3.70. The highest BCUT2D eigenvalue weighted by atomic mass is 16.5. The second-order valence-electron chi connectivity index (χ2n) is 6.65. The Morgan fingerprint density at radius 2 is 1.63 bits per heavy atom. The molecule has 4 rings (SSSR count). The summed E-state index contributed by atoms with van der Waals surface area (Å²) in [6.07, 6.45) is 5.17. The van der Waals surface area contributed by atoms with E-state index < -0.39 is 0 Å². The Balaban J connectivity index is 1.62. The van der Waals surface area contributed by atoms with Gasteiger partial charge in [0.1, 0.15) is 5.75 Å². The van der Waals surface area contributed by atoms with Crippen molar-refractivity contribution in [2.24, 2.45) is 0 Å². The van der Waals surface area contributed by atoms with E-state index in [9.17, 15) is 0 Å². The van der Waals surface area contributed by atoms with Crippen LogP contribution in [0.5, 0.6) is 11.5 Å². The molecular weight excluding hydrogens is 336 g/mol. The Morgan fingerprint density at radius 1 is 0.926 bits per heavy atom. The molecule has 1 unspecified atom stereocenters. The van der Waals surface area contributed by atoms with Crippen LogP contribution in [0.15, 0.2) is 72.1 Å². The van der Waals surface area contributed by atoms with Gasteiger partial charge in [0.25, 0.3) is 0 Å². The van der Waals surface area contributed by atoms with Gasteiger partial charge in [0, 0.05) is 19.2 Å². The zero-order valence-electron chi connectivity index (χ0n) is 16.2. The van der Waals surface area contributed by atoms with Crippen LogP contribution in [-0.4, -0.2) is 19.3 Å². The standard InChI is InChI=1S/C23H26N2O2/c1-4-17(15-22-24(5-2)18-11-7-9-13-20(18)26-22)16-23-25(6-3)19-12-8-10-14-21(19)27-23/h7-16,22H,4-6H2,1-3H3/b17-15+,23-16-. The van der Waals surface area contributed by atoms with E-state index in [-0.39, 0.29) is 6.23 Å². The number of allylic oxidation sites excluding steroid dienone is 2. The average Bonchev–Trinajstić information content (AvgIpc) is 3.23. The minimum atomic E-state index is -0.0851. The molecule has 140 valence electrons. The Morgan fingerprint density at radius 3 is 2.33 bits per heavy atom. The molecule has 2 aromatic rings. The van der Waals surface area contributed by atoms with Gasteiger partial charge in [0.15, 0.2) is 12.0 Å². The summed E-state index contributed by atoms with van der Waals surface area (Å²) in [6, 6.07) is 16.4. The monoisotopic (exact) mass is 362 g/mol. The van der Waals surface area contributed by atoms with Crippen molar-refractivity contribution >= 4 is 11.4 Å². The van der Waals surface area contributed by atoms with Crippen molar-refractivity contribution in [2.45, 2.75) is 33.4 Å². The van der Waals surface area contributed by atoms with Gasteiger partial charge in [-0.3, -0.25) is 0 Å². The number of benzene rings is 2. The Hall–Kier alpha value is -2.88. The summed E-state index contributed by atoms with van der Waals surface area (Å²) in [5.41, 5.74) is 3.48. The van der Waals surface area contributed by atoms with E-state index in [1.54, 1.807) is 0 Å². The molecule has 0 bridgehead atoms. The Kier molecular flexibility index (Phi) is 4.80. The van der Waals surface area contributed by atoms with Gasteiger partial charge in [0.2, 0.25) is 5.88 Å². The van der Waals surface area contributed by atoms with Crippen molar-refractivity contribution in [2.75, 3.05) is 22.9 Å². The molecule has 0 radical (unpaired) electrons. The van der Waals surface area contributed by atoms with Crippen LogP contribution in [0.4, 0.5) is 11.4 Å². The van der Waals surface area contributed by atoms with E-state index in [2.05, 4.69) is 60.9 Å². The molecule has 2 aliphatic rings. The second kappa shape index (κ2) is 7.39. The highest BCUT2D eigenvalue weighted by molar-refractivity contribution is 5.67. The molecule has 2 heterocycles. The van der Waals surface area contributed by atoms with Crippen LogP contribution in [0.1, 0.15) is 27.2 Å². The molecule has 2 aromatic carbocycles. The third kappa shape index (κ3) is 3.16. The van der Waals surface area contributed by atoms with E-state index in [4.69, 9.17) is 9.47 Å². The first kappa shape index (κ1) is 17.5. The molecule has 0 saturated heterocycles. The van der Waals surface area contributed by atoms with E-state index >= 15 is 0 Å².